The molecule has 2 atom stereocenters. The van der Waals surface area contributed by atoms with Gasteiger partial charge in [0, 0.05) is 18.6 Å². The normalized spacial score (nSPS) is 28.4. The van der Waals surface area contributed by atoms with E-state index in [0.29, 0.717) is 12.0 Å². The Labute approximate surface area is 134 Å². The first kappa shape index (κ1) is 17.7. The number of hydrogen-bond acceptors (Lipinski definition) is 6. The van der Waals surface area contributed by atoms with Crippen molar-refractivity contribution in [3.8, 4) is 0 Å². The van der Waals surface area contributed by atoms with Crippen molar-refractivity contribution in [1.82, 2.24) is 0 Å². The van der Waals surface area contributed by atoms with E-state index in [0.717, 1.165) is 0 Å². The molecule has 0 amide bonds. The van der Waals surface area contributed by atoms with E-state index < -0.39 is 18.6 Å². The Hall–Kier alpha value is -1.66. The number of Topliss-reactive ketones (excluding diaryl/α,β-unsaturated/α-hetero) is 1. The third kappa shape index (κ3) is 4.20. The number of non-ortho nitro benzene ring substituents is 1. The number of hydrogen-bond donors (Lipinski definition) is 1. The zero-order valence-electron chi connectivity index (χ0n) is 13.1. The zero-order chi connectivity index (χ0) is 17.2. The molecule has 0 bridgehead atoms. The number of allylic oxidation sites excluding steroid dienone is 1. The minimum Gasteiger partial charge on any atom is -0.332 e. The zero-order valence-corrected chi connectivity index (χ0v) is 14.0. The van der Waals surface area contributed by atoms with Crippen molar-refractivity contribution in [3.63, 3.8) is 0 Å². The molecule has 1 saturated heterocycles. The smallest absolute Gasteiger partial charge is 0.270 e. The number of nitro groups is 1. The molecule has 125 valence electrons. The van der Waals surface area contributed by atoms with Crippen molar-refractivity contribution in [3.05, 3.63) is 45.3 Å². The van der Waals surface area contributed by atoms with Crippen molar-refractivity contribution in [2.24, 2.45) is 0 Å². The molecule has 7 nitrogen and oxygen atoms in total. The minimum absolute atomic E-state index is 0.0106. The molecule has 0 aromatic heterocycles. The second kappa shape index (κ2) is 6.84. The second-order valence-electron chi connectivity index (χ2n) is 5.53. The fraction of sp³-hybridized carbons (Fsp3) is 0.400. The first-order valence-electron chi connectivity index (χ1n) is 7.17. The predicted molar refractivity (Wildman–Crippen MR) is 86.6 cm³/mol. The van der Waals surface area contributed by atoms with Crippen LogP contribution in [-0.4, -0.2) is 27.8 Å². The molecule has 8 heteroatoms. The number of carbonyl (C=O) groups is 1. The van der Waals surface area contributed by atoms with Gasteiger partial charge in [-0.2, -0.15) is 0 Å². The Balaban J connectivity index is 2.43. The summed E-state index contributed by atoms with van der Waals surface area (Å²) in [6, 6.07) is 5.80. The van der Waals surface area contributed by atoms with E-state index in [1.165, 1.54) is 31.2 Å². The lowest BCUT2D eigenvalue weighted by molar-refractivity contribution is -0.384. The van der Waals surface area contributed by atoms with Crippen LogP contribution in [0.1, 0.15) is 32.8 Å². The minimum atomic E-state index is -3.50. The fourth-order valence-electron chi connectivity index (χ4n) is 2.45. The highest BCUT2D eigenvalue weighted by Gasteiger charge is 2.42. The average molecular weight is 340 g/mol. The standard InChI is InChI=1S/C15H19NO6P/c1-10-7-11(2)22-23(20,21-10)15(12(3)17)9-13-5-4-6-14(8-13)16(18)19/h4-6,8-11,20H,7H2,1-3H3/t10-,11-/m0/s1. The Morgan fingerprint density at radius 2 is 2.00 bits per heavy atom. The summed E-state index contributed by atoms with van der Waals surface area (Å²) < 4.78 is 11.1. The van der Waals surface area contributed by atoms with Crippen LogP contribution in [0.15, 0.2) is 29.6 Å². The topological polar surface area (TPSA) is 98.9 Å². The quantitative estimate of drug-likeness (QED) is 0.390. The molecule has 2 rings (SSSR count). The van der Waals surface area contributed by atoms with Crippen molar-refractivity contribution in [2.75, 3.05) is 0 Å². The summed E-state index contributed by atoms with van der Waals surface area (Å²) >= 11 is 0. The lowest BCUT2D eigenvalue weighted by atomic mass is 10.2. The lowest BCUT2D eigenvalue weighted by Gasteiger charge is -2.40. The monoisotopic (exact) mass is 340 g/mol. The predicted octanol–water partition coefficient (Wildman–Crippen LogP) is 3.49. The molecule has 1 aliphatic heterocycles. The summed E-state index contributed by atoms with van der Waals surface area (Å²) in [4.78, 5) is 33.0. The van der Waals surface area contributed by atoms with Gasteiger partial charge in [0.25, 0.3) is 13.6 Å². The van der Waals surface area contributed by atoms with Crippen molar-refractivity contribution in [2.45, 2.75) is 39.4 Å². The first-order chi connectivity index (χ1) is 10.7. The van der Waals surface area contributed by atoms with Crippen LogP contribution in [0.25, 0.3) is 6.08 Å². The maximum atomic E-state index is 12.0. The van der Waals surface area contributed by atoms with Crippen LogP contribution in [0.2, 0.25) is 0 Å². The SMILES string of the molecule is CC(=O)C(=Cc1cccc([N+](=O)[O-])c1)[P]1(O)O[C@@H](C)C[C@H](C)O1. The Kier molecular flexibility index (Phi) is 5.26. The number of nitro benzene ring substituents is 1. The summed E-state index contributed by atoms with van der Waals surface area (Å²) in [5.74, 6) is -0.395. The van der Waals surface area contributed by atoms with E-state index in [4.69, 9.17) is 9.05 Å². The van der Waals surface area contributed by atoms with Crippen LogP contribution < -0.4 is 0 Å². The maximum Gasteiger partial charge on any atom is 0.270 e. The fourth-order valence-corrected chi connectivity index (χ4v) is 4.58. The van der Waals surface area contributed by atoms with Gasteiger partial charge in [-0.1, -0.05) is 12.1 Å². The van der Waals surface area contributed by atoms with Gasteiger partial charge in [-0.3, -0.25) is 14.9 Å². The highest BCUT2D eigenvalue weighted by Crippen LogP contribution is 2.68. The van der Waals surface area contributed by atoms with Gasteiger partial charge in [-0.25, -0.2) is 0 Å². The van der Waals surface area contributed by atoms with Gasteiger partial charge >= 0.3 is 0 Å². The second-order valence-corrected chi connectivity index (χ2v) is 7.47. The Morgan fingerprint density at radius 1 is 1.39 bits per heavy atom. The van der Waals surface area contributed by atoms with Crippen LogP contribution in [0.5, 0.6) is 0 Å². The summed E-state index contributed by atoms with van der Waals surface area (Å²) in [5.41, 5.74) is 0.329. The van der Waals surface area contributed by atoms with Gasteiger partial charge in [0.1, 0.15) is 0 Å². The number of nitrogens with zero attached hydrogens (tertiary/aromatic N) is 1. The maximum absolute atomic E-state index is 12.0. The van der Waals surface area contributed by atoms with Gasteiger partial charge in [-0.15, -0.1) is 0 Å². The third-order valence-electron chi connectivity index (χ3n) is 3.36. The van der Waals surface area contributed by atoms with Crippen LogP contribution in [0, 0.1) is 10.1 Å². The molecule has 1 heterocycles. The molecule has 1 N–H and O–H groups in total. The summed E-state index contributed by atoms with van der Waals surface area (Å²) in [6.07, 6.45) is 1.52. The van der Waals surface area contributed by atoms with E-state index in [-0.39, 0.29) is 23.2 Å². The van der Waals surface area contributed by atoms with E-state index in [9.17, 15) is 19.8 Å². The molecule has 23 heavy (non-hydrogen) atoms. The van der Waals surface area contributed by atoms with Gasteiger partial charge in [0.15, 0.2) is 5.78 Å². The van der Waals surface area contributed by atoms with Crippen molar-refractivity contribution in [1.29, 1.82) is 0 Å². The molecule has 0 aliphatic carbocycles. The van der Waals surface area contributed by atoms with Gasteiger partial charge in [0.05, 0.1) is 22.4 Å². The summed E-state index contributed by atoms with van der Waals surface area (Å²) in [7, 11) is -3.50. The van der Waals surface area contributed by atoms with E-state index >= 15 is 0 Å². The average Bonchev–Trinajstić information content (AvgIpc) is 2.43. The summed E-state index contributed by atoms with van der Waals surface area (Å²) in [6.45, 7) is 4.90. The lowest BCUT2D eigenvalue weighted by Crippen LogP contribution is -2.28. The molecule has 1 radical (unpaired) electrons. The Bertz CT molecular complexity index is 649. The highest BCUT2D eigenvalue weighted by atomic mass is 31.2. The third-order valence-corrected chi connectivity index (χ3v) is 5.70. The molecule has 1 fully saturated rings. The van der Waals surface area contributed by atoms with Gasteiger partial charge in [0.2, 0.25) is 0 Å². The number of benzene rings is 1. The highest BCUT2D eigenvalue weighted by molar-refractivity contribution is 7.66. The Morgan fingerprint density at radius 3 is 2.52 bits per heavy atom. The summed E-state index contributed by atoms with van der Waals surface area (Å²) in [5, 5.41) is 10.9. The molecule has 0 saturated carbocycles. The van der Waals surface area contributed by atoms with Crippen LogP contribution in [0.4, 0.5) is 5.69 Å². The van der Waals surface area contributed by atoms with Crippen molar-refractivity contribution < 1.29 is 23.7 Å². The molecule has 1 aromatic rings. The van der Waals surface area contributed by atoms with Crippen LogP contribution >= 0.6 is 7.94 Å². The molecule has 0 unspecified atom stereocenters. The van der Waals surface area contributed by atoms with Crippen LogP contribution in [0.3, 0.4) is 0 Å². The van der Waals surface area contributed by atoms with E-state index in [1.807, 2.05) is 0 Å². The molecule has 0 spiro atoms. The van der Waals surface area contributed by atoms with E-state index in [2.05, 4.69) is 0 Å². The number of rotatable bonds is 4. The first-order valence-corrected chi connectivity index (χ1v) is 8.75. The van der Waals surface area contributed by atoms with Crippen molar-refractivity contribution >= 4 is 25.5 Å². The number of ketones is 1. The molecule has 1 aliphatic rings. The largest absolute Gasteiger partial charge is 0.332 e. The van der Waals surface area contributed by atoms with Crippen LogP contribution in [-0.2, 0) is 13.8 Å². The molecule has 1 aromatic carbocycles. The van der Waals surface area contributed by atoms with Gasteiger partial charge < -0.3 is 13.9 Å². The van der Waals surface area contributed by atoms with E-state index in [1.54, 1.807) is 19.9 Å². The molecular formula is C15H19NO6P. The number of carbonyl (C=O) groups excluding carboxylic acids is 1. The molecular weight excluding hydrogens is 321 g/mol. The van der Waals surface area contributed by atoms with Gasteiger partial charge in [-0.05, 0) is 32.4 Å².